The van der Waals surface area contributed by atoms with E-state index < -0.39 is 0 Å². The largest absolute Gasteiger partial charge is 0.295 e. The van der Waals surface area contributed by atoms with Crippen LogP contribution < -0.4 is 0 Å². The van der Waals surface area contributed by atoms with Crippen molar-refractivity contribution >= 4 is 5.78 Å². The molecule has 86 valence electrons. The van der Waals surface area contributed by atoms with Crippen LogP contribution >= 0.6 is 0 Å². The van der Waals surface area contributed by atoms with Crippen molar-refractivity contribution in [3.63, 3.8) is 0 Å². The second kappa shape index (κ2) is 7.67. The number of carbonyl (C=O) groups excluding carboxylic acids is 1. The molecule has 1 nitrogen and oxygen atoms in total. The molecule has 0 bridgehead atoms. The summed E-state index contributed by atoms with van der Waals surface area (Å²) in [6, 6.07) is 0. The quantitative estimate of drug-likeness (QED) is 0.576. The summed E-state index contributed by atoms with van der Waals surface area (Å²) in [4.78, 5) is 11.6. The predicted octanol–water partition coefficient (Wildman–Crippen LogP) is 4.42. The van der Waals surface area contributed by atoms with Gasteiger partial charge in [-0.05, 0) is 31.8 Å². The molecular weight excluding hydrogens is 184 g/mol. The van der Waals surface area contributed by atoms with E-state index in [9.17, 15) is 4.79 Å². The minimum atomic E-state index is 0.370. The smallest absolute Gasteiger partial charge is 0.158 e. The minimum Gasteiger partial charge on any atom is -0.295 e. The van der Waals surface area contributed by atoms with Crippen molar-refractivity contribution in [3.8, 4) is 0 Å². The van der Waals surface area contributed by atoms with Gasteiger partial charge in [0.2, 0.25) is 0 Å². The number of Topliss-reactive ketones (excluding diaryl/α,β-unsaturated/α-hetero) is 1. The minimum absolute atomic E-state index is 0.370. The standard InChI is InChI=1S/C14H24O/c1-13-11-9-7-5-3-2-4-6-8-10-12-14(13)15/h11H,2-10,12H2,1H3. The van der Waals surface area contributed by atoms with Gasteiger partial charge in [-0.15, -0.1) is 0 Å². The summed E-state index contributed by atoms with van der Waals surface area (Å²) >= 11 is 0. The third kappa shape index (κ3) is 5.76. The van der Waals surface area contributed by atoms with Crippen molar-refractivity contribution in [1.29, 1.82) is 0 Å². The van der Waals surface area contributed by atoms with Crippen molar-refractivity contribution in [3.05, 3.63) is 11.6 Å². The van der Waals surface area contributed by atoms with Crippen LogP contribution in [0.2, 0.25) is 0 Å². The molecule has 1 aliphatic rings. The Kier molecular flexibility index (Phi) is 6.38. The highest BCUT2D eigenvalue weighted by Gasteiger charge is 2.04. The maximum absolute atomic E-state index is 11.6. The molecule has 0 aromatic heterocycles. The van der Waals surface area contributed by atoms with Gasteiger partial charge in [0.15, 0.2) is 5.78 Å². The monoisotopic (exact) mass is 208 g/mol. The average Bonchev–Trinajstić information content (AvgIpc) is 2.25. The molecule has 0 atom stereocenters. The first-order chi connectivity index (χ1) is 7.30. The van der Waals surface area contributed by atoms with E-state index in [-0.39, 0.29) is 0 Å². The number of rotatable bonds is 0. The van der Waals surface area contributed by atoms with Crippen molar-refractivity contribution < 1.29 is 4.79 Å². The summed E-state index contributed by atoms with van der Waals surface area (Å²) in [5.41, 5.74) is 0.995. The van der Waals surface area contributed by atoms with Crippen LogP contribution in [0.25, 0.3) is 0 Å². The van der Waals surface area contributed by atoms with Crippen molar-refractivity contribution in [2.24, 2.45) is 0 Å². The van der Waals surface area contributed by atoms with E-state index in [1.54, 1.807) is 0 Å². The van der Waals surface area contributed by atoms with Crippen LogP contribution in [0, 0.1) is 0 Å². The zero-order valence-electron chi connectivity index (χ0n) is 10.1. The Hall–Kier alpha value is -0.590. The summed E-state index contributed by atoms with van der Waals surface area (Å²) < 4.78 is 0. The predicted molar refractivity (Wildman–Crippen MR) is 64.9 cm³/mol. The fourth-order valence-electron chi connectivity index (χ4n) is 2.12. The van der Waals surface area contributed by atoms with E-state index in [1.807, 2.05) is 6.92 Å². The van der Waals surface area contributed by atoms with Crippen LogP contribution in [0.15, 0.2) is 11.6 Å². The zero-order valence-corrected chi connectivity index (χ0v) is 10.1. The van der Waals surface area contributed by atoms with E-state index in [0.717, 1.165) is 24.8 Å². The molecule has 0 unspecified atom stereocenters. The highest BCUT2D eigenvalue weighted by molar-refractivity contribution is 5.94. The number of carbonyl (C=O) groups is 1. The lowest BCUT2D eigenvalue weighted by atomic mass is 10.0. The van der Waals surface area contributed by atoms with Crippen LogP contribution in [0.5, 0.6) is 0 Å². The van der Waals surface area contributed by atoms with E-state index >= 15 is 0 Å². The molecule has 0 fully saturated rings. The molecular formula is C14H24O. The third-order valence-electron chi connectivity index (χ3n) is 3.25. The molecule has 0 amide bonds. The lowest BCUT2D eigenvalue weighted by molar-refractivity contribution is -0.115. The molecule has 1 heteroatoms. The summed E-state index contributed by atoms with van der Waals surface area (Å²) in [6.45, 7) is 1.97. The molecule has 0 spiro atoms. The molecule has 0 aromatic rings. The van der Waals surface area contributed by atoms with Gasteiger partial charge in [-0.1, -0.05) is 44.6 Å². The second-order valence-corrected chi connectivity index (χ2v) is 4.68. The highest BCUT2D eigenvalue weighted by atomic mass is 16.1. The summed E-state index contributed by atoms with van der Waals surface area (Å²) in [6.07, 6.45) is 14.3. The van der Waals surface area contributed by atoms with Gasteiger partial charge in [0, 0.05) is 6.42 Å². The van der Waals surface area contributed by atoms with Crippen LogP contribution in [0.1, 0.15) is 71.1 Å². The Morgan fingerprint density at radius 3 is 2.07 bits per heavy atom. The number of hydrogen-bond donors (Lipinski definition) is 0. The van der Waals surface area contributed by atoms with Gasteiger partial charge in [-0.3, -0.25) is 4.79 Å². The Bertz CT molecular complexity index is 215. The van der Waals surface area contributed by atoms with E-state index in [0.29, 0.717) is 5.78 Å². The van der Waals surface area contributed by atoms with Crippen molar-refractivity contribution in [2.75, 3.05) is 0 Å². The lowest BCUT2D eigenvalue weighted by Crippen LogP contribution is -1.99. The Balaban J connectivity index is 2.38. The molecule has 0 saturated carbocycles. The molecule has 1 aliphatic carbocycles. The molecule has 1 rings (SSSR count). The lowest BCUT2D eigenvalue weighted by Gasteiger charge is -2.00. The fraction of sp³-hybridized carbons (Fsp3) is 0.786. The van der Waals surface area contributed by atoms with Crippen LogP contribution in [0.3, 0.4) is 0 Å². The molecule has 0 heterocycles. The van der Waals surface area contributed by atoms with E-state index in [4.69, 9.17) is 0 Å². The number of ketones is 1. The summed E-state index contributed by atoms with van der Waals surface area (Å²) in [7, 11) is 0. The normalized spacial score (nSPS) is 22.2. The van der Waals surface area contributed by atoms with Gasteiger partial charge < -0.3 is 0 Å². The van der Waals surface area contributed by atoms with Crippen molar-refractivity contribution in [1.82, 2.24) is 0 Å². The van der Waals surface area contributed by atoms with Gasteiger partial charge >= 0.3 is 0 Å². The van der Waals surface area contributed by atoms with Gasteiger partial charge in [0.1, 0.15) is 0 Å². The SMILES string of the molecule is CC1=CCCCCCCCCCCC1=O. The summed E-state index contributed by atoms with van der Waals surface area (Å²) in [5.74, 6) is 0.370. The molecule has 0 radical (unpaired) electrons. The maximum atomic E-state index is 11.6. The summed E-state index contributed by atoms with van der Waals surface area (Å²) in [5, 5.41) is 0. The van der Waals surface area contributed by atoms with Gasteiger partial charge in [-0.2, -0.15) is 0 Å². The topological polar surface area (TPSA) is 17.1 Å². The molecule has 0 aromatic carbocycles. The van der Waals surface area contributed by atoms with E-state index in [1.165, 1.54) is 44.9 Å². The number of allylic oxidation sites excluding steroid dienone is 2. The van der Waals surface area contributed by atoms with E-state index in [2.05, 4.69) is 6.08 Å². The van der Waals surface area contributed by atoms with Gasteiger partial charge in [0.25, 0.3) is 0 Å². The first kappa shape index (κ1) is 12.5. The second-order valence-electron chi connectivity index (χ2n) is 4.68. The Labute approximate surface area is 93.9 Å². The first-order valence-electron chi connectivity index (χ1n) is 6.50. The maximum Gasteiger partial charge on any atom is 0.158 e. The molecule has 0 aliphatic heterocycles. The van der Waals surface area contributed by atoms with Crippen molar-refractivity contribution in [2.45, 2.75) is 71.1 Å². The Morgan fingerprint density at radius 2 is 1.40 bits per heavy atom. The number of hydrogen-bond acceptors (Lipinski definition) is 1. The molecule has 15 heavy (non-hydrogen) atoms. The van der Waals surface area contributed by atoms with Crippen LogP contribution in [0.4, 0.5) is 0 Å². The van der Waals surface area contributed by atoms with Crippen LogP contribution in [-0.2, 0) is 4.79 Å². The third-order valence-corrected chi connectivity index (χ3v) is 3.25. The van der Waals surface area contributed by atoms with Gasteiger partial charge in [-0.25, -0.2) is 0 Å². The zero-order chi connectivity index (χ0) is 10.9. The fourth-order valence-corrected chi connectivity index (χ4v) is 2.12. The first-order valence-corrected chi connectivity index (χ1v) is 6.50. The van der Waals surface area contributed by atoms with Crippen LogP contribution in [-0.4, -0.2) is 5.78 Å². The van der Waals surface area contributed by atoms with Gasteiger partial charge in [0.05, 0.1) is 0 Å². The highest BCUT2D eigenvalue weighted by Crippen LogP contribution is 2.14. The molecule has 0 saturated heterocycles. The average molecular weight is 208 g/mol. The Morgan fingerprint density at radius 1 is 0.867 bits per heavy atom. The molecule has 0 N–H and O–H groups in total.